The molecule has 31 heavy (non-hydrogen) atoms. The number of carbonyl (C=O) groups is 3. The molecule has 0 bridgehead atoms. The predicted octanol–water partition coefficient (Wildman–Crippen LogP) is 2.13. The average molecular weight is 425 g/mol. The molecule has 0 aliphatic carbocycles. The predicted molar refractivity (Wildman–Crippen MR) is 117 cm³/mol. The SMILES string of the molecule is Cc1ccccc1C(=O)NCC(=O)OC(C)C(=O)Nc1ccc(N2CCOCC2)cc1. The van der Waals surface area contributed by atoms with E-state index in [1.807, 2.05) is 31.2 Å². The summed E-state index contributed by atoms with van der Waals surface area (Å²) in [4.78, 5) is 38.7. The van der Waals surface area contributed by atoms with Gasteiger partial charge < -0.3 is 25.0 Å². The molecule has 1 atom stereocenters. The summed E-state index contributed by atoms with van der Waals surface area (Å²) < 4.78 is 10.5. The van der Waals surface area contributed by atoms with Gasteiger partial charge in [0.05, 0.1) is 13.2 Å². The number of amides is 2. The molecule has 8 heteroatoms. The second-order valence-corrected chi connectivity index (χ2v) is 7.27. The van der Waals surface area contributed by atoms with E-state index in [2.05, 4.69) is 15.5 Å². The van der Waals surface area contributed by atoms with Gasteiger partial charge in [-0.3, -0.25) is 14.4 Å². The van der Waals surface area contributed by atoms with E-state index in [4.69, 9.17) is 9.47 Å². The Morgan fingerprint density at radius 2 is 1.74 bits per heavy atom. The highest BCUT2D eigenvalue weighted by Gasteiger charge is 2.19. The number of hydrogen-bond donors (Lipinski definition) is 2. The maximum atomic E-state index is 12.3. The molecule has 1 unspecified atom stereocenters. The highest BCUT2D eigenvalue weighted by atomic mass is 16.5. The second-order valence-electron chi connectivity index (χ2n) is 7.27. The third-order valence-electron chi connectivity index (χ3n) is 4.97. The normalized spacial score (nSPS) is 14.5. The number of morpholine rings is 1. The van der Waals surface area contributed by atoms with Crippen LogP contribution < -0.4 is 15.5 Å². The van der Waals surface area contributed by atoms with E-state index in [-0.39, 0.29) is 12.5 Å². The molecule has 2 aromatic rings. The molecule has 164 valence electrons. The number of rotatable bonds is 7. The van der Waals surface area contributed by atoms with Crippen molar-refractivity contribution in [1.82, 2.24) is 5.32 Å². The molecule has 0 saturated carbocycles. The minimum Gasteiger partial charge on any atom is -0.451 e. The number of ether oxygens (including phenoxy) is 2. The molecule has 1 aliphatic rings. The van der Waals surface area contributed by atoms with Crippen LogP contribution in [0.25, 0.3) is 0 Å². The summed E-state index contributed by atoms with van der Waals surface area (Å²) in [5, 5.41) is 5.24. The molecule has 1 saturated heterocycles. The van der Waals surface area contributed by atoms with Gasteiger partial charge in [-0.1, -0.05) is 18.2 Å². The van der Waals surface area contributed by atoms with Crippen molar-refractivity contribution in [3.8, 4) is 0 Å². The first-order valence-corrected chi connectivity index (χ1v) is 10.2. The van der Waals surface area contributed by atoms with Gasteiger partial charge in [0.15, 0.2) is 6.10 Å². The first kappa shape index (κ1) is 22.3. The number of esters is 1. The molecule has 1 heterocycles. The smallest absolute Gasteiger partial charge is 0.326 e. The van der Waals surface area contributed by atoms with Crippen molar-refractivity contribution in [2.24, 2.45) is 0 Å². The monoisotopic (exact) mass is 425 g/mol. The van der Waals surface area contributed by atoms with Gasteiger partial charge in [0.2, 0.25) is 0 Å². The molecule has 1 aliphatic heterocycles. The Labute approximate surface area is 181 Å². The third-order valence-corrected chi connectivity index (χ3v) is 4.97. The fraction of sp³-hybridized carbons (Fsp3) is 0.348. The molecule has 0 aromatic heterocycles. The molecule has 3 rings (SSSR count). The van der Waals surface area contributed by atoms with Crippen LogP contribution in [-0.2, 0) is 19.1 Å². The van der Waals surface area contributed by atoms with Gasteiger partial charge in [0, 0.05) is 30.0 Å². The molecule has 2 N–H and O–H groups in total. The number of carbonyl (C=O) groups excluding carboxylic acids is 3. The van der Waals surface area contributed by atoms with Crippen molar-refractivity contribution in [3.05, 3.63) is 59.7 Å². The number of aryl methyl sites for hydroxylation is 1. The van der Waals surface area contributed by atoms with Gasteiger partial charge >= 0.3 is 5.97 Å². The first-order chi connectivity index (χ1) is 14.9. The molecule has 0 spiro atoms. The van der Waals surface area contributed by atoms with Crippen LogP contribution in [0.15, 0.2) is 48.5 Å². The minimum absolute atomic E-state index is 0.320. The van der Waals surface area contributed by atoms with Gasteiger partial charge in [-0.05, 0) is 49.7 Å². The lowest BCUT2D eigenvalue weighted by Crippen LogP contribution is -2.36. The van der Waals surface area contributed by atoms with Crippen LogP contribution in [-0.4, -0.2) is 56.7 Å². The van der Waals surface area contributed by atoms with Crippen molar-refractivity contribution in [1.29, 1.82) is 0 Å². The molecule has 0 radical (unpaired) electrons. The fourth-order valence-electron chi connectivity index (χ4n) is 3.19. The van der Waals surface area contributed by atoms with Crippen molar-refractivity contribution < 1.29 is 23.9 Å². The van der Waals surface area contributed by atoms with E-state index < -0.39 is 18.0 Å². The number of nitrogens with one attached hydrogen (secondary N) is 2. The largest absolute Gasteiger partial charge is 0.451 e. The molecular formula is C23H27N3O5. The van der Waals surface area contributed by atoms with Crippen molar-refractivity contribution in [3.63, 3.8) is 0 Å². The Balaban J connectivity index is 1.44. The third kappa shape index (κ3) is 6.29. The van der Waals surface area contributed by atoms with E-state index in [1.165, 1.54) is 6.92 Å². The average Bonchev–Trinajstić information content (AvgIpc) is 2.79. The highest BCUT2D eigenvalue weighted by Crippen LogP contribution is 2.19. The zero-order valence-electron chi connectivity index (χ0n) is 17.7. The standard InChI is InChI=1S/C23H27N3O5/c1-16-5-3-4-6-20(16)23(29)24-15-21(27)31-17(2)22(28)25-18-7-9-19(10-8-18)26-11-13-30-14-12-26/h3-10,17H,11-15H2,1-2H3,(H,24,29)(H,25,28). The minimum atomic E-state index is -0.998. The number of nitrogens with zero attached hydrogens (tertiary/aromatic N) is 1. The summed E-state index contributed by atoms with van der Waals surface area (Å²) in [6, 6.07) is 14.5. The fourth-order valence-corrected chi connectivity index (χ4v) is 3.19. The molecule has 2 amide bonds. The summed E-state index contributed by atoms with van der Waals surface area (Å²) in [5.74, 6) is -1.50. The summed E-state index contributed by atoms with van der Waals surface area (Å²) >= 11 is 0. The van der Waals surface area contributed by atoms with Gasteiger partial charge in [0.25, 0.3) is 11.8 Å². The summed E-state index contributed by atoms with van der Waals surface area (Å²) in [5.41, 5.74) is 2.96. The Hall–Kier alpha value is -3.39. The van der Waals surface area contributed by atoms with Crippen LogP contribution in [0.4, 0.5) is 11.4 Å². The lowest BCUT2D eigenvalue weighted by molar-refractivity contribution is -0.152. The van der Waals surface area contributed by atoms with Crippen molar-refractivity contribution >= 4 is 29.2 Å². The molecule has 1 fully saturated rings. The van der Waals surface area contributed by atoms with E-state index in [9.17, 15) is 14.4 Å². The molecular weight excluding hydrogens is 398 g/mol. The van der Waals surface area contributed by atoms with Crippen molar-refractivity contribution in [2.45, 2.75) is 20.0 Å². The Bertz CT molecular complexity index is 923. The van der Waals surface area contributed by atoms with Crippen LogP contribution in [0, 0.1) is 6.92 Å². The summed E-state index contributed by atoms with van der Waals surface area (Å²) in [6.07, 6.45) is -0.998. The topological polar surface area (TPSA) is 97.0 Å². The summed E-state index contributed by atoms with van der Waals surface area (Å²) in [6.45, 7) is 6.04. The zero-order valence-corrected chi connectivity index (χ0v) is 17.7. The maximum Gasteiger partial charge on any atom is 0.326 e. The van der Waals surface area contributed by atoms with E-state index in [0.29, 0.717) is 24.5 Å². The van der Waals surface area contributed by atoms with Crippen LogP contribution in [0.2, 0.25) is 0 Å². The van der Waals surface area contributed by atoms with Gasteiger partial charge in [-0.15, -0.1) is 0 Å². The number of anilines is 2. The van der Waals surface area contributed by atoms with Crippen LogP contribution in [0.1, 0.15) is 22.8 Å². The van der Waals surface area contributed by atoms with Crippen LogP contribution in [0.3, 0.4) is 0 Å². The van der Waals surface area contributed by atoms with Gasteiger partial charge in [-0.2, -0.15) is 0 Å². The maximum absolute atomic E-state index is 12.3. The van der Waals surface area contributed by atoms with Gasteiger partial charge in [-0.25, -0.2) is 0 Å². The molecule has 8 nitrogen and oxygen atoms in total. The van der Waals surface area contributed by atoms with Crippen LogP contribution >= 0.6 is 0 Å². The highest BCUT2D eigenvalue weighted by molar-refractivity contribution is 5.98. The Morgan fingerprint density at radius 1 is 1.06 bits per heavy atom. The number of benzene rings is 2. The number of hydrogen-bond acceptors (Lipinski definition) is 6. The lowest BCUT2D eigenvalue weighted by atomic mass is 10.1. The Kier molecular flexibility index (Phi) is 7.61. The van der Waals surface area contributed by atoms with Gasteiger partial charge in [0.1, 0.15) is 6.54 Å². The Morgan fingerprint density at radius 3 is 2.42 bits per heavy atom. The van der Waals surface area contributed by atoms with E-state index >= 15 is 0 Å². The second kappa shape index (κ2) is 10.6. The van der Waals surface area contributed by atoms with Crippen molar-refractivity contribution in [2.75, 3.05) is 43.1 Å². The van der Waals surface area contributed by atoms with E-state index in [0.717, 1.165) is 24.3 Å². The summed E-state index contributed by atoms with van der Waals surface area (Å²) in [7, 11) is 0. The zero-order chi connectivity index (χ0) is 22.2. The lowest BCUT2D eigenvalue weighted by Gasteiger charge is -2.28. The quantitative estimate of drug-likeness (QED) is 0.660. The van der Waals surface area contributed by atoms with E-state index in [1.54, 1.807) is 24.3 Å². The first-order valence-electron chi connectivity index (χ1n) is 10.2. The van der Waals surface area contributed by atoms with Crippen LogP contribution in [0.5, 0.6) is 0 Å². The molecule has 2 aromatic carbocycles.